The largest absolute Gasteiger partial charge is 0.464 e. The molecular weight excluding hydrogens is 218 g/mol. The zero-order valence-corrected chi connectivity index (χ0v) is 9.90. The van der Waals surface area contributed by atoms with E-state index < -0.39 is 0 Å². The minimum Gasteiger partial charge on any atom is -0.464 e. The first-order valence-electron chi connectivity index (χ1n) is 5.63. The van der Waals surface area contributed by atoms with Crippen LogP contribution in [-0.4, -0.2) is 19.1 Å². The quantitative estimate of drug-likeness (QED) is 0.433. The molecule has 0 spiro atoms. The molecule has 1 aromatic carbocycles. The molecule has 0 bridgehead atoms. The summed E-state index contributed by atoms with van der Waals surface area (Å²) in [5.74, 6) is -0.155. The van der Waals surface area contributed by atoms with Crippen molar-refractivity contribution in [3.63, 3.8) is 0 Å². The second-order valence-corrected chi connectivity index (χ2v) is 3.56. The maximum Gasteiger partial charge on any atom is 0.305 e. The van der Waals surface area contributed by atoms with Gasteiger partial charge in [0.25, 0.3) is 0 Å². The first-order chi connectivity index (χ1) is 8.26. The fraction of sp³-hybridized carbons (Fsp3) is 0.417. The van der Waals surface area contributed by atoms with Gasteiger partial charge in [-0.15, -0.1) is 0 Å². The molecule has 0 atom stereocenters. The van der Waals surface area contributed by atoms with Gasteiger partial charge in [0.15, 0.2) is 0 Å². The van der Waals surface area contributed by atoms with Gasteiger partial charge in [0.05, 0.1) is 5.69 Å². The Hall–Kier alpha value is -1.91. The number of nitrogens with one attached hydrogen (secondary N) is 2. The monoisotopic (exact) mass is 235 g/mol. The lowest BCUT2D eigenvalue weighted by atomic mass is 10.3. The lowest BCUT2D eigenvalue weighted by molar-refractivity contribution is -0.143. The van der Waals surface area contributed by atoms with E-state index in [2.05, 4.69) is 10.4 Å². The van der Waals surface area contributed by atoms with Crippen LogP contribution in [0.25, 0.3) is 0 Å². The Morgan fingerprint density at radius 3 is 2.71 bits per heavy atom. The molecule has 0 saturated carbocycles. The fourth-order valence-electron chi connectivity index (χ4n) is 1.29. The van der Waals surface area contributed by atoms with E-state index in [0.717, 1.165) is 12.1 Å². The van der Waals surface area contributed by atoms with Gasteiger partial charge in [0, 0.05) is 18.7 Å². The Morgan fingerprint density at radius 1 is 1.41 bits per heavy atom. The molecule has 0 aliphatic heterocycles. The smallest absolute Gasteiger partial charge is 0.305 e. The molecule has 0 saturated heterocycles. The van der Waals surface area contributed by atoms with Gasteiger partial charge >= 0.3 is 5.97 Å². The number of anilines is 1. The van der Waals surface area contributed by atoms with Crippen LogP contribution in [0.1, 0.15) is 19.8 Å². The van der Waals surface area contributed by atoms with Crippen LogP contribution in [0.3, 0.4) is 0 Å². The maximum atomic E-state index is 11.1. The molecule has 0 unspecified atom stereocenters. The number of hydrogen-bond donors (Lipinski definition) is 2. The van der Waals surface area contributed by atoms with Crippen LogP contribution in [0.4, 0.5) is 11.4 Å². The Morgan fingerprint density at radius 2 is 2.12 bits per heavy atom. The first-order valence-corrected chi connectivity index (χ1v) is 5.63. The van der Waals surface area contributed by atoms with E-state index in [9.17, 15) is 4.79 Å². The van der Waals surface area contributed by atoms with Gasteiger partial charge in [0.2, 0.25) is 0 Å². The Kier molecular flexibility index (Phi) is 5.71. The molecule has 1 aromatic rings. The van der Waals surface area contributed by atoms with E-state index in [4.69, 9.17) is 10.3 Å². The molecule has 5 heteroatoms. The van der Waals surface area contributed by atoms with Crippen LogP contribution in [0.2, 0.25) is 0 Å². The van der Waals surface area contributed by atoms with E-state index in [-0.39, 0.29) is 5.97 Å². The molecule has 0 radical (unpaired) electrons. The van der Waals surface area contributed by atoms with Gasteiger partial charge in [0.1, 0.15) is 6.61 Å². The van der Waals surface area contributed by atoms with Crippen molar-refractivity contribution in [1.82, 2.24) is 0 Å². The topological polar surface area (TPSA) is 74.5 Å². The first kappa shape index (κ1) is 13.2. The summed E-state index contributed by atoms with van der Waals surface area (Å²) in [6.07, 6.45) is 1.28. The van der Waals surface area contributed by atoms with Crippen molar-refractivity contribution in [2.45, 2.75) is 19.8 Å². The number of benzene rings is 1. The summed E-state index contributed by atoms with van der Waals surface area (Å²) in [5.41, 5.74) is 8.35. The molecule has 2 N–H and O–H groups in total. The van der Waals surface area contributed by atoms with Crippen LogP contribution >= 0.6 is 0 Å². The summed E-state index contributed by atoms with van der Waals surface area (Å²) in [6.45, 7) is 2.88. The van der Waals surface area contributed by atoms with Crippen molar-refractivity contribution in [3.05, 3.63) is 24.3 Å². The highest BCUT2D eigenvalue weighted by Gasteiger charge is 1.99. The summed E-state index contributed by atoms with van der Waals surface area (Å²) < 4.78 is 5.00. The molecule has 0 fully saturated rings. The van der Waals surface area contributed by atoms with Crippen molar-refractivity contribution in [3.8, 4) is 0 Å². The van der Waals surface area contributed by atoms with E-state index in [1.807, 2.05) is 19.1 Å². The molecular formula is C12H17N3O2. The maximum absolute atomic E-state index is 11.1. The van der Waals surface area contributed by atoms with Crippen molar-refractivity contribution >= 4 is 17.3 Å². The highest BCUT2D eigenvalue weighted by molar-refractivity contribution is 5.69. The molecule has 92 valence electrons. The van der Waals surface area contributed by atoms with E-state index >= 15 is 0 Å². The Labute approximate surface area is 101 Å². The average molecular weight is 235 g/mol. The predicted octanol–water partition coefficient (Wildman–Crippen LogP) is 3.10. The number of esters is 1. The van der Waals surface area contributed by atoms with E-state index in [1.54, 1.807) is 12.1 Å². The van der Waals surface area contributed by atoms with Crippen molar-refractivity contribution in [2.24, 2.45) is 5.11 Å². The predicted molar refractivity (Wildman–Crippen MR) is 65.6 cm³/mol. The van der Waals surface area contributed by atoms with Gasteiger partial charge in [-0.1, -0.05) is 6.92 Å². The van der Waals surface area contributed by atoms with Crippen molar-refractivity contribution in [2.75, 3.05) is 18.5 Å². The van der Waals surface area contributed by atoms with Gasteiger partial charge in [-0.05, 0) is 30.7 Å². The minimum atomic E-state index is -0.155. The number of ether oxygens (including phenoxy) is 1. The summed E-state index contributed by atoms with van der Waals surface area (Å²) >= 11 is 0. The van der Waals surface area contributed by atoms with Gasteiger partial charge in [-0.2, -0.15) is 5.11 Å². The third-order valence-corrected chi connectivity index (χ3v) is 2.14. The zero-order chi connectivity index (χ0) is 12.5. The third-order valence-electron chi connectivity index (χ3n) is 2.14. The molecule has 0 amide bonds. The van der Waals surface area contributed by atoms with Crippen LogP contribution in [-0.2, 0) is 9.53 Å². The fourth-order valence-corrected chi connectivity index (χ4v) is 1.29. The summed E-state index contributed by atoms with van der Waals surface area (Å²) in [5, 5.41) is 6.42. The minimum absolute atomic E-state index is 0.155. The molecule has 0 aromatic heterocycles. The van der Waals surface area contributed by atoms with Gasteiger partial charge < -0.3 is 10.1 Å². The number of hydrogen-bond acceptors (Lipinski definition) is 5. The Balaban J connectivity index is 2.21. The molecule has 1 rings (SSSR count). The van der Waals surface area contributed by atoms with Crippen LogP contribution in [0.5, 0.6) is 0 Å². The SMILES string of the molecule is CCCC(=O)OCCNc1ccc(N=N)cc1. The van der Waals surface area contributed by atoms with Crippen LogP contribution in [0.15, 0.2) is 29.4 Å². The summed E-state index contributed by atoms with van der Waals surface area (Å²) in [6, 6.07) is 7.17. The highest BCUT2D eigenvalue weighted by atomic mass is 16.5. The van der Waals surface area contributed by atoms with Crippen molar-refractivity contribution < 1.29 is 9.53 Å². The van der Waals surface area contributed by atoms with Crippen molar-refractivity contribution in [1.29, 1.82) is 5.53 Å². The Bertz CT molecular complexity index is 363. The summed E-state index contributed by atoms with van der Waals surface area (Å²) in [4.78, 5) is 11.1. The average Bonchev–Trinajstić information content (AvgIpc) is 2.36. The lowest BCUT2D eigenvalue weighted by Crippen LogP contribution is -2.13. The molecule has 0 aliphatic rings. The van der Waals surface area contributed by atoms with Crippen LogP contribution < -0.4 is 5.32 Å². The van der Waals surface area contributed by atoms with Gasteiger partial charge in [-0.25, -0.2) is 5.53 Å². The molecule has 17 heavy (non-hydrogen) atoms. The second-order valence-electron chi connectivity index (χ2n) is 3.56. The number of nitrogens with zero attached hydrogens (tertiary/aromatic N) is 1. The second kappa shape index (κ2) is 7.38. The zero-order valence-electron chi connectivity index (χ0n) is 9.90. The van der Waals surface area contributed by atoms with E-state index in [1.165, 1.54) is 0 Å². The highest BCUT2D eigenvalue weighted by Crippen LogP contribution is 2.15. The standard InChI is InChI=1S/C12H17N3O2/c1-2-3-12(16)17-9-8-14-10-4-6-11(15-13)7-5-10/h4-7,13-14H,2-3,8-9H2,1H3. The molecule has 0 heterocycles. The number of carbonyl (C=O) groups excluding carboxylic acids is 1. The summed E-state index contributed by atoms with van der Waals surface area (Å²) in [7, 11) is 0. The normalized spacial score (nSPS) is 9.71. The van der Waals surface area contributed by atoms with Crippen LogP contribution in [0, 0.1) is 5.53 Å². The molecule has 0 aliphatic carbocycles. The third kappa shape index (κ3) is 5.10. The van der Waals surface area contributed by atoms with E-state index in [0.29, 0.717) is 25.3 Å². The number of rotatable bonds is 7. The number of carbonyl (C=O) groups is 1. The van der Waals surface area contributed by atoms with Gasteiger partial charge in [-0.3, -0.25) is 4.79 Å². The lowest BCUT2D eigenvalue weighted by Gasteiger charge is -2.07. The molecule has 5 nitrogen and oxygen atoms in total.